The average Bonchev–Trinajstić information content (AvgIpc) is 3.02. The Balaban J connectivity index is 1.76. The molecule has 0 spiro atoms. The number of aryl methyl sites for hydroxylation is 1. The van der Waals surface area contributed by atoms with Crippen molar-refractivity contribution in [2.45, 2.75) is 6.92 Å². The van der Waals surface area contributed by atoms with Gasteiger partial charge in [-0.05, 0) is 48.9 Å². The van der Waals surface area contributed by atoms with Gasteiger partial charge in [0.15, 0.2) is 0 Å². The van der Waals surface area contributed by atoms with Crippen LogP contribution in [0.15, 0.2) is 57.9 Å². The number of thiophene rings is 1. The standard InChI is InChI=1S/C18H12BrN3O2S/c1-10-8-11(19)5-6-13(10)20-16(23)14-9-12-17(25-14)21-15-4-2-3-7-22(15)18(12)24/h2-9H,1H3,(H,20,23). The molecule has 0 aliphatic heterocycles. The maximum Gasteiger partial charge on any atom is 0.266 e. The summed E-state index contributed by atoms with van der Waals surface area (Å²) in [5.74, 6) is -0.248. The fourth-order valence-electron chi connectivity index (χ4n) is 2.61. The Morgan fingerprint density at radius 3 is 2.88 bits per heavy atom. The van der Waals surface area contributed by atoms with E-state index in [1.165, 1.54) is 15.7 Å². The van der Waals surface area contributed by atoms with E-state index < -0.39 is 0 Å². The van der Waals surface area contributed by atoms with Crippen LogP contribution in [0.3, 0.4) is 0 Å². The van der Waals surface area contributed by atoms with Crippen LogP contribution >= 0.6 is 27.3 Å². The lowest BCUT2D eigenvalue weighted by molar-refractivity contribution is 0.103. The maximum absolute atomic E-state index is 12.6. The molecule has 1 N–H and O–H groups in total. The van der Waals surface area contributed by atoms with Gasteiger partial charge in [0, 0.05) is 16.4 Å². The first-order chi connectivity index (χ1) is 12.0. The summed E-state index contributed by atoms with van der Waals surface area (Å²) >= 11 is 4.62. The molecule has 7 heteroatoms. The van der Waals surface area contributed by atoms with Gasteiger partial charge >= 0.3 is 0 Å². The third-order valence-electron chi connectivity index (χ3n) is 3.88. The lowest BCUT2D eigenvalue weighted by Gasteiger charge is -2.07. The van der Waals surface area contributed by atoms with Gasteiger partial charge in [-0.1, -0.05) is 22.0 Å². The Morgan fingerprint density at radius 1 is 1.24 bits per heavy atom. The van der Waals surface area contributed by atoms with E-state index in [1.54, 1.807) is 24.4 Å². The molecule has 0 bridgehead atoms. The molecule has 0 aliphatic rings. The minimum atomic E-state index is -0.248. The number of hydrogen-bond acceptors (Lipinski definition) is 4. The number of nitrogens with zero attached hydrogens (tertiary/aromatic N) is 2. The molecule has 5 nitrogen and oxygen atoms in total. The molecule has 1 aromatic carbocycles. The first-order valence-electron chi connectivity index (χ1n) is 7.51. The zero-order chi connectivity index (χ0) is 17.6. The number of carbonyl (C=O) groups is 1. The van der Waals surface area contributed by atoms with Gasteiger partial charge in [-0.15, -0.1) is 11.3 Å². The van der Waals surface area contributed by atoms with Crippen molar-refractivity contribution in [3.8, 4) is 0 Å². The minimum absolute atomic E-state index is 0.171. The second-order valence-corrected chi connectivity index (χ2v) is 7.53. The third kappa shape index (κ3) is 2.85. The molecule has 0 saturated carbocycles. The predicted molar refractivity (Wildman–Crippen MR) is 104 cm³/mol. The van der Waals surface area contributed by atoms with E-state index in [2.05, 4.69) is 26.2 Å². The zero-order valence-corrected chi connectivity index (χ0v) is 15.5. The van der Waals surface area contributed by atoms with Gasteiger partial charge in [-0.25, -0.2) is 4.98 Å². The number of fused-ring (bicyclic) bond motifs is 2. The van der Waals surface area contributed by atoms with Crippen LogP contribution in [0.4, 0.5) is 5.69 Å². The Kier molecular flexibility index (Phi) is 3.89. The van der Waals surface area contributed by atoms with Crippen LogP contribution in [0.25, 0.3) is 15.9 Å². The van der Waals surface area contributed by atoms with E-state index in [9.17, 15) is 9.59 Å². The fraction of sp³-hybridized carbons (Fsp3) is 0.0556. The second kappa shape index (κ2) is 6.09. The molecule has 0 saturated heterocycles. The Bertz CT molecular complexity index is 1200. The van der Waals surface area contributed by atoms with Crippen molar-refractivity contribution in [1.29, 1.82) is 0 Å². The lowest BCUT2D eigenvalue weighted by atomic mass is 10.2. The highest BCUT2D eigenvalue weighted by molar-refractivity contribution is 9.10. The highest BCUT2D eigenvalue weighted by atomic mass is 79.9. The van der Waals surface area contributed by atoms with Crippen LogP contribution in [0, 0.1) is 6.92 Å². The van der Waals surface area contributed by atoms with Crippen LogP contribution in [0.1, 0.15) is 15.2 Å². The molecule has 4 aromatic rings. The number of rotatable bonds is 2. The fourth-order valence-corrected chi connectivity index (χ4v) is 4.01. The van der Waals surface area contributed by atoms with Crippen molar-refractivity contribution in [2.75, 3.05) is 5.32 Å². The van der Waals surface area contributed by atoms with Gasteiger partial charge in [0.2, 0.25) is 0 Å². The quantitative estimate of drug-likeness (QED) is 0.534. The normalized spacial score (nSPS) is 11.1. The molecule has 3 heterocycles. The molecule has 3 aromatic heterocycles. The predicted octanol–water partition coefficient (Wildman–Crippen LogP) is 4.23. The number of nitrogens with one attached hydrogen (secondary N) is 1. The van der Waals surface area contributed by atoms with E-state index in [0.29, 0.717) is 20.7 Å². The molecule has 4 rings (SSSR count). The van der Waals surface area contributed by atoms with E-state index >= 15 is 0 Å². The number of anilines is 1. The van der Waals surface area contributed by atoms with Gasteiger partial charge < -0.3 is 5.32 Å². The summed E-state index contributed by atoms with van der Waals surface area (Å²) in [6.07, 6.45) is 1.67. The summed E-state index contributed by atoms with van der Waals surface area (Å²) < 4.78 is 2.43. The topological polar surface area (TPSA) is 63.5 Å². The molecule has 0 unspecified atom stereocenters. The summed E-state index contributed by atoms with van der Waals surface area (Å²) in [5, 5.41) is 3.34. The van der Waals surface area contributed by atoms with E-state index in [-0.39, 0.29) is 11.5 Å². The molecule has 1 amide bonds. The number of hydrogen-bond donors (Lipinski definition) is 1. The zero-order valence-electron chi connectivity index (χ0n) is 13.1. The summed E-state index contributed by atoms with van der Waals surface area (Å²) in [7, 11) is 0. The summed E-state index contributed by atoms with van der Waals surface area (Å²) in [6.45, 7) is 1.92. The summed E-state index contributed by atoms with van der Waals surface area (Å²) in [5.41, 5.74) is 2.08. The average molecular weight is 414 g/mol. The monoisotopic (exact) mass is 413 g/mol. The van der Waals surface area contributed by atoms with Gasteiger partial charge in [-0.3, -0.25) is 14.0 Å². The Labute approximate surface area is 155 Å². The molecule has 0 aliphatic carbocycles. The van der Waals surface area contributed by atoms with Crippen LogP contribution in [0.5, 0.6) is 0 Å². The summed E-state index contributed by atoms with van der Waals surface area (Å²) in [4.78, 5) is 30.6. The van der Waals surface area contributed by atoms with E-state index in [1.807, 2.05) is 31.2 Å². The molecule has 124 valence electrons. The van der Waals surface area contributed by atoms with Crippen molar-refractivity contribution in [3.05, 3.63) is 73.9 Å². The van der Waals surface area contributed by atoms with E-state index in [0.717, 1.165) is 15.7 Å². The molecular weight excluding hydrogens is 402 g/mol. The van der Waals surface area contributed by atoms with E-state index in [4.69, 9.17) is 0 Å². The second-order valence-electron chi connectivity index (χ2n) is 5.59. The number of aromatic nitrogens is 2. The van der Waals surface area contributed by atoms with Crippen molar-refractivity contribution in [3.63, 3.8) is 0 Å². The lowest BCUT2D eigenvalue weighted by Crippen LogP contribution is -2.13. The van der Waals surface area contributed by atoms with Crippen molar-refractivity contribution in [2.24, 2.45) is 0 Å². The van der Waals surface area contributed by atoms with Crippen molar-refractivity contribution >= 4 is 54.7 Å². The van der Waals surface area contributed by atoms with Gasteiger partial charge in [-0.2, -0.15) is 0 Å². The van der Waals surface area contributed by atoms with Crippen LogP contribution in [-0.2, 0) is 0 Å². The number of carbonyl (C=O) groups excluding carboxylic acids is 1. The van der Waals surface area contributed by atoms with Gasteiger partial charge in [0.05, 0.1) is 10.3 Å². The maximum atomic E-state index is 12.6. The highest BCUT2D eigenvalue weighted by Crippen LogP contribution is 2.25. The van der Waals surface area contributed by atoms with Crippen molar-refractivity contribution < 1.29 is 4.79 Å². The number of pyridine rings is 1. The largest absolute Gasteiger partial charge is 0.321 e. The third-order valence-corrected chi connectivity index (χ3v) is 5.40. The molecule has 0 fully saturated rings. The number of benzene rings is 1. The van der Waals surface area contributed by atoms with Gasteiger partial charge in [0.1, 0.15) is 10.5 Å². The first kappa shape index (κ1) is 16.0. The van der Waals surface area contributed by atoms with Crippen molar-refractivity contribution in [1.82, 2.24) is 9.38 Å². The SMILES string of the molecule is Cc1cc(Br)ccc1NC(=O)c1cc2c(=O)n3ccccc3nc2s1. The minimum Gasteiger partial charge on any atom is -0.321 e. The Hall–Kier alpha value is -2.51. The number of halogens is 1. The highest BCUT2D eigenvalue weighted by Gasteiger charge is 2.15. The first-order valence-corrected chi connectivity index (χ1v) is 9.12. The number of amides is 1. The van der Waals surface area contributed by atoms with Crippen LogP contribution in [0.2, 0.25) is 0 Å². The molecule has 25 heavy (non-hydrogen) atoms. The van der Waals surface area contributed by atoms with Gasteiger partial charge in [0.25, 0.3) is 11.5 Å². The smallest absolute Gasteiger partial charge is 0.266 e. The van der Waals surface area contributed by atoms with Crippen LogP contribution in [-0.4, -0.2) is 15.3 Å². The van der Waals surface area contributed by atoms with Crippen LogP contribution < -0.4 is 10.9 Å². The summed E-state index contributed by atoms with van der Waals surface area (Å²) in [6, 6.07) is 12.6. The Morgan fingerprint density at radius 2 is 2.08 bits per heavy atom. The molecule has 0 radical (unpaired) electrons. The molecule has 0 atom stereocenters. The molecular formula is C18H12BrN3O2S.